The maximum atomic E-state index is 13.3. The zero-order valence-corrected chi connectivity index (χ0v) is 21.7. The van der Waals surface area contributed by atoms with Gasteiger partial charge in [0.2, 0.25) is 10.0 Å². The summed E-state index contributed by atoms with van der Waals surface area (Å²) in [4.78, 5) is 18.1. The summed E-state index contributed by atoms with van der Waals surface area (Å²) in [6.45, 7) is 5.25. The number of sulfonamides is 1. The first-order valence-corrected chi connectivity index (χ1v) is 11.7. The Morgan fingerprint density at radius 2 is 1.58 bits per heavy atom. The van der Waals surface area contributed by atoms with E-state index in [4.69, 9.17) is 26.3 Å². The van der Waals surface area contributed by atoms with Crippen LogP contribution in [0, 0.1) is 5.82 Å². The number of benzene rings is 2. The van der Waals surface area contributed by atoms with Gasteiger partial charge in [0.05, 0.1) is 22.6 Å². The van der Waals surface area contributed by atoms with Crippen molar-refractivity contribution in [1.29, 1.82) is 0 Å². The number of allylic oxidation sites excluding steroid dienone is 1. The summed E-state index contributed by atoms with van der Waals surface area (Å²) in [6, 6.07) is 12.1. The summed E-state index contributed by atoms with van der Waals surface area (Å²) in [6.07, 6.45) is 3.26. The van der Waals surface area contributed by atoms with Gasteiger partial charge in [0.1, 0.15) is 10.7 Å². The van der Waals surface area contributed by atoms with Gasteiger partial charge in [0.15, 0.2) is 0 Å². The minimum atomic E-state index is -3.92. The molecule has 0 spiro atoms. The highest BCUT2D eigenvalue weighted by Crippen LogP contribution is 2.28. The van der Waals surface area contributed by atoms with Gasteiger partial charge in [-0.1, -0.05) is 62.5 Å². The number of carbonyl (C=O) groups excluding carboxylic acids is 2. The number of amides is 2. The molecular formula is C21H29ClFN5O5S3. The molecule has 0 radical (unpaired) electrons. The Morgan fingerprint density at radius 3 is 2.03 bits per heavy atom. The second-order valence-electron chi connectivity index (χ2n) is 5.85. The lowest BCUT2D eigenvalue weighted by Crippen LogP contribution is -2.16. The Labute approximate surface area is 225 Å². The molecule has 3 rings (SSSR count). The number of nitrogens with zero attached hydrogens (tertiary/aromatic N) is 2. The molecule has 2 aromatic carbocycles. The predicted molar refractivity (Wildman–Crippen MR) is 149 cm³/mol. The minimum Gasteiger partial charge on any atom is -0.412 e. The molecule has 0 saturated heterocycles. The molecule has 1 heterocycles. The molecule has 1 aromatic heterocycles. The van der Waals surface area contributed by atoms with Crippen LogP contribution in [-0.4, -0.2) is 34.2 Å². The lowest BCUT2D eigenvalue weighted by Gasteiger charge is -2.11. The Balaban J connectivity index is -0.000000716. The molecule has 36 heavy (non-hydrogen) atoms. The van der Waals surface area contributed by atoms with Gasteiger partial charge in [-0.3, -0.25) is 9.59 Å². The molecule has 0 aliphatic rings. The van der Waals surface area contributed by atoms with E-state index in [2.05, 4.69) is 48.4 Å². The largest absolute Gasteiger partial charge is 0.412 e. The normalized spacial score (nSPS) is 9.17. The van der Waals surface area contributed by atoms with Gasteiger partial charge >= 0.3 is 0 Å². The summed E-state index contributed by atoms with van der Waals surface area (Å²) in [5, 5.41) is 8.10. The molecule has 0 saturated carbocycles. The zero-order chi connectivity index (χ0) is 26.5. The number of hydrogen-bond acceptors (Lipinski definition) is 5. The van der Waals surface area contributed by atoms with Crippen molar-refractivity contribution in [2.75, 3.05) is 0 Å². The number of aromatic nitrogens is 2. The molecule has 3 aromatic rings. The number of halogens is 2. The van der Waals surface area contributed by atoms with Crippen molar-refractivity contribution in [3.05, 3.63) is 78.2 Å². The predicted octanol–water partition coefficient (Wildman–Crippen LogP) is 3.97. The van der Waals surface area contributed by atoms with Gasteiger partial charge in [0.25, 0.3) is 10.5 Å². The number of rotatable bonds is 3. The van der Waals surface area contributed by atoms with E-state index < -0.39 is 26.3 Å². The fourth-order valence-electron chi connectivity index (χ4n) is 2.24. The fraction of sp³-hybridized carbons (Fsp3) is 0.0952. The van der Waals surface area contributed by atoms with Gasteiger partial charge in [-0.15, -0.1) is 6.58 Å². The third-order valence-electron chi connectivity index (χ3n) is 3.26. The van der Waals surface area contributed by atoms with Crippen molar-refractivity contribution >= 4 is 57.4 Å². The molecule has 0 aliphatic heterocycles. The Bertz CT molecular complexity index is 1220. The van der Waals surface area contributed by atoms with Crippen LogP contribution in [0.2, 0.25) is 5.02 Å². The van der Waals surface area contributed by atoms with Crippen LogP contribution in [-0.2, 0) is 10.0 Å². The van der Waals surface area contributed by atoms with E-state index in [1.54, 1.807) is 30.3 Å². The third kappa shape index (κ3) is 13.9. The molecule has 10 nitrogen and oxygen atoms in total. The van der Waals surface area contributed by atoms with E-state index in [0.29, 0.717) is 16.9 Å². The molecule has 0 bridgehead atoms. The molecule has 8 N–H and O–H groups in total. The SMILES string of the molecule is C.C=CC.NC(=O)S.NC(=O)S.NS(=O)(=O)c1ccccc1-n1nccc1-c1ccc(F)c(Cl)c1.O. The van der Waals surface area contributed by atoms with Crippen molar-refractivity contribution in [3.63, 3.8) is 0 Å². The molecule has 0 fully saturated rings. The first-order chi connectivity index (χ1) is 15.8. The highest BCUT2D eigenvalue weighted by atomic mass is 35.5. The van der Waals surface area contributed by atoms with Gasteiger partial charge < -0.3 is 16.9 Å². The van der Waals surface area contributed by atoms with Crippen LogP contribution >= 0.6 is 36.9 Å². The topological polar surface area (TPSA) is 196 Å². The number of para-hydroxylation sites is 1. The van der Waals surface area contributed by atoms with E-state index in [0.717, 1.165) is 0 Å². The molecular weight excluding hydrogens is 553 g/mol. The summed E-state index contributed by atoms with van der Waals surface area (Å²) in [5.41, 5.74) is 10.1. The van der Waals surface area contributed by atoms with Crippen LogP contribution in [0.15, 0.2) is 72.3 Å². The molecule has 2 amide bonds. The molecule has 0 atom stereocenters. The first kappa shape index (κ1) is 37.7. The molecule has 200 valence electrons. The second kappa shape index (κ2) is 18.4. The summed E-state index contributed by atoms with van der Waals surface area (Å²) in [7, 11) is -3.92. The fourth-order valence-corrected chi connectivity index (χ4v) is 3.14. The summed E-state index contributed by atoms with van der Waals surface area (Å²) in [5.74, 6) is -0.536. The zero-order valence-electron chi connectivity index (χ0n) is 18.3. The van der Waals surface area contributed by atoms with Crippen molar-refractivity contribution in [2.24, 2.45) is 16.6 Å². The van der Waals surface area contributed by atoms with Crippen LogP contribution in [0.3, 0.4) is 0 Å². The van der Waals surface area contributed by atoms with E-state index in [-0.39, 0.29) is 22.8 Å². The van der Waals surface area contributed by atoms with Crippen molar-refractivity contribution in [3.8, 4) is 16.9 Å². The number of carbonyl (C=O) groups is 2. The standard InChI is InChI=1S/C15H11ClFN3O2S.C3H6.2CH3NOS.CH4.H2O/c16-11-9-10(5-6-12(11)17)13-7-8-19-20(13)14-3-1-2-4-15(14)23(18,21)22;1-3-2;2*2-1(3)4;;/h1-9H,(H2,18,21,22);3H,1H2,2H3;2*(H3,2,3,4);1H4;1H2. The minimum absolute atomic E-state index is 0. The van der Waals surface area contributed by atoms with Crippen LogP contribution in [0.4, 0.5) is 14.0 Å². The van der Waals surface area contributed by atoms with Crippen molar-refractivity contribution < 1.29 is 27.9 Å². The summed E-state index contributed by atoms with van der Waals surface area (Å²) >= 11 is 12.0. The average Bonchev–Trinajstić information content (AvgIpc) is 3.19. The lowest BCUT2D eigenvalue weighted by atomic mass is 10.1. The van der Waals surface area contributed by atoms with E-state index >= 15 is 0 Å². The first-order valence-electron chi connectivity index (χ1n) is 8.91. The van der Waals surface area contributed by atoms with E-state index in [1.165, 1.54) is 35.1 Å². The quantitative estimate of drug-likeness (QED) is 0.230. The highest BCUT2D eigenvalue weighted by molar-refractivity contribution is 7.96. The number of hydrogen-bond donors (Lipinski definition) is 5. The van der Waals surface area contributed by atoms with Crippen molar-refractivity contribution in [1.82, 2.24) is 9.78 Å². The van der Waals surface area contributed by atoms with Gasteiger partial charge in [-0.25, -0.2) is 22.6 Å². The average molecular weight is 582 g/mol. The van der Waals surface area contributed by atoms with E-state index in [1.807, 2.05) is 6.92 Å². The van der Waals surface area contributed by atoms with Gasteiger partial charge in [0, 0.05) is 5.56 Å². The monoisotopic (exact) mass is 581 g/mol. The summed E-state index contributed by atoms with van der Waals surface area (Å²) < 4.78 is 38.3. The van der Waals surface area contributed by atoms with Crippen LogP contribution < -0.4 is 16.6 Å². The Hall–Kier alpha value is -2.88. The maximum absolute atomic E-state index is 13.3. The Kier molecular flexibility index (Phi) is 19.2. The van der Waals surface area contributed by atoms with E-state index in [9.17, 15) is 12.8 Å². The molecule has 0 unspecified atom stereocenters. The van der Waals surface area contributed by atoms with Crippen LogP contribution in [0.25, 0.3) is 16.9 Å². The van der Waals surface area contributed by atoms with Crippen LogP contribution in [0.1, 0.15) is 14.4 Å². The number of thiol groups is 2. The number of nitrogens with two attached hydrogens (primary N) is 3. The maximum Gasteiger partial charge on any atom is 0.273 e. The second-order valence-corrected chi connectivity index (χ2v) is 8.67. The Morgan fingerprint density at radius 1 is 1.11 bits per heavy atom. The molecule has 15 heteroatoms. The lowest BCUT2D eigenvalue weighted by molar-refractivity contribution is 0.266. The highest BCUT2D eigenvalue weighted by Gasteiger charge is 2.18. The number of primary sulfonamides is 1. The smallest absolute Gasteiger partial charge is 0.273 e. The van der Waals surface area contributed by atoms with Crippen LogP contribution in [0.5, 0.6) is 0 Å². The number of primary amides is 2. The van der Waals surface area contributed by atoms with Gasteiger partial charge in [-0.05, 0) is 43.3 Å². The molecule has 0 aliphatic carbocycles. The van der Waals surface area contributed by atoms with Gasteiger partial charge in [-0.2, -0.15) is 5.10 Å². The third-order valence-corrected chi connectivity index (χ3v) is 4.51. The van der Waals surface area contributed by atoms with Crippen molar-refractivity contribution in [2.45, 2.75) is 19.2 Å².